The molecule has 2 unspecified atom stereocenters. The highest BCUT2D eigenvalue weighted by Crippen LogP contribution is 2.18. The van der Waals surface area contributed by atoms with Gasteiger partial charge in [-0.2, -0.15) is 0 Å². The second-order valence-electron chi connectivity index (χ2n) is 4.09. The Hall–Kier alpha value is -0.0800. The molecule has 1 fully saturated rings. The first-order chi connectivity index (χ1) is 5.74. The van der Waals surface area contributed by atoms with Crippen molar-refractivity contribution in [2.24, 2.45) is 11.7 Å². The molecular formula is C10H22N2. The van der Waals surface area contributed by atoms with Crippen molar-refractivity contribution in [3.8, 4) is 0 Å². The van der Waals surface area contributed by atoms with Gasteiger partial charge in [0.2, 0.25) is 0 Å². The fourth-order valence-electron chi connectivity index (χ4n) is 2.05. The summed E-state index contributed by atoms with van der Waals surface area (Å²) in [7, 11) is 2.21. The summed E-state index contributed by atoms with van der Waals surface area (Å²) < 4.78 is 0. The highest BCUT2D eigenvalue weighted by Gasteiger charge is 2.20. The van der Waals surface area contributed by atoms with E-state index < -0.39 is 0 Å². The van der Waals surface area contributed by atoms with Crippen LogP contribution in [0.15, 0.2) is 0 Å². The van der Waals surface area contributed by atoms with Gasteiger partial charge in [0.05, 0.1) is 0 Å². The molecule has 0 aromatic rings. The van der Waals surface area contributed by atoms with Crippen LogP contribution in [0.5, 0.6) is 0 Å². The normalized spacial score (nSPS) is 29.8. The Bertz CT molecular complexity index is 125. The maximum atomic E-state index is 6.05. The third-order valence-electron chi connectivity index (χ3n) is 2.99. The molecule has 2 N–H and O–H groups in total. The molecule has 0 spiro atoms. The summed E-state index contributed by atoms with van der Waals surface area (Å²) in [5.74, 6) is 0.738. The lowest BCUT2D eigenvalue weighted by atomic mass is 9.93. The maximum Gasteiger partial charge on any atom is 0.00767 e. The van der Waals surface area contributed by atoms with Gasteiger partial charge in [-0.3, -0.25) is 0 Å². The highest BCUT2D eigenvalue weighted by molar-refractivity contribution is 4.77. The lowest BCUT2D eigenvalue weighted by Crippen LogP contribution is -2.36. The van der Waals surface area contributed by atoms with Crippen molar-refractivity contribution < 1.29 is 0 Å². The molecule has 1 aliphatic rings. The van der Waals surface area contributed by atoms with E-state index in [-0.39, 0.29) is 0 Å². The molecule has 0 saturated carbocycles. The molecule has 2 heteroatoms. The number of nitrogens with zero attached hydrogens (tertiary/aromatic N) is 1. The molecule has 0 aliphatic carbocycles. The second-order valence-corrected chi connectivity index (χ2v) is 4.09. The van der Waals surface area contributed by atoms with Gasteiger partial charge in [0.15, 0.2) is 0 Å². The summed E-state index contributed by atoms with van der Waals surface area (Å²) in [4.78, 5) is 2.42. The quantitative estimate of drug-likeness (QED) is 0.680. The first kappa shape index (κ1) is 10.0. The monoisotopic (exact) mass is 170 g/mol. The zero-order valence-corrected chi connectivity index (χ0v) is 8.42. The Morgan fingerprint density at radius 2 is 2.25 bits per heavy atom. The minimum absolute atomic E-state index is 0.422. The van der Waals surface area contributed by atoms with Gasteiger partial charge in [0.1, 0.15) is 0 Å². The van der Waals surface area contributed by atoms with Crippen molar-refractivity contribution in [2.45, 2.75) is 38.6 Å². The van der Waals surface area contributed by atoms with Crippen LogP contribution in [0.25, 0.3) is 0 Å². The third-order valence-corrected chi connectivity index (χ3v) is 2.99. The van der Waals surface area contributed by atoms with E-state index in [1.54, 1.807) is 0 Å². The van der Waals surface area contributed by atoms with Crippen molar-refractivity contribution in [1.29, 1.82) is 0 Å². The summed E-state index contributed by atoms with van der Waals surface area (Å²) in [5.41, 5.74) is 6.05. The summed E-state index contributed by atoms with van der Waals surface area (Å²) in [5, 5.41) is 0. The minimum atomic E-state index is 0.422. The van der Waals surface area contributed by atoms with E-state index in [1.165, 1.54) is 32.4 Å². The van der Waals surface area contributed by atoms with Gasteiger partial charge < -0.3 is 10.6 Å². The Morgan fingerprint density at radius 3 is 2.92 bits per heavy atom. The average molecular weight is 170 g/mol. The molecule has 1 rings (SSSR count). The molecule has 2 nitrogen and oxygen atoms in total. The standard InChI is InChI=1S/C10H22N2/c1-3-10(11)9-6-4-5-7-12(2)8-9/h9-10H,3-8,11H2,1-2H3. The molecule has 0 aromatic heterocycles. The van der Waals surface area contributed by atoms with Gasteiger partial charge in [-0.25, -0.2) is 0 Å². The van der Waals surface area contributed by atoms with Gasteiger partial charge in [-0.15, -0.1) is 0 Å². The number of hydrogen-bond donors (Lipinski definition) is 1. The lowest BCUT2D eigenvalue weighted by molar-refractivity contribution is 0.269. The first-order valence-corrected chi connectivity index (χ1v) is 5.18. The van der Waals surface area contributed by atoms with E-state index >= 15 is 0 Å². The van der Waals surface area contributed by atoms with Crippen molar-refractivity contribution in [2.75, 3.05) is 20.1 Å². The Balaban J connectivity index is 2.40. The topological polar surface area (TPSA) is 29.3 Å². The summed E-state index contributed by atoms with van der Waals surface area (Å²) >= 11 is 0. The average Bonchev–Trinajstić information content (AvgIpc) is 2.28. The first-order valence-electron chi connectivity index (χ1n) is 5.18. The largest absolute Gasteiger partial charge is 0.327 e. The van der Waals surface area contributed by atoms with E-state index in [2.05, 4.69) is 18.9 Å². The van der Waals surface area contributed by atoms with Crippen molar-refractivity contribution >= 4 is 0 Å². The minimum Gasteiger partial charge on any atom is -0.327 e. The molecule has 2 atom stereocenters. The molecule has 0 radical (unpaired) electrons. The van der Waals surface area contributed by atoms with E-state index in [9.17, 15) is 0 Å². The molecule has 1 saturated heterocycles. The molecular weight excluding hydrogens is 148 g/mol. The Labute approximate surface area is 76.1 Å². The fourth-order valence-corrected chi connectivity index (χ4v) is 2.05. The fraction of sp³-hybridized carbons (Fsp3) is 1.00. The summed E-state index contributed by atoms with van der Waals surface area (Å²) in [6, 6.07) is 0.422. The van der Waals surface area contributed by atoms with Crippen LogP contribution in [-0.2, 0) is 0 Å². The predicted octanol–water partition coefficient (Wildman–Crippen LogP) is 1.46. The van der Waals surface area contributed by atoms with Crippen molar-refractivity contribution in [3.05, 3.63) is 0 Å². The molecule has 0 bridgehead atoms. The van der Waals surface area contributed by atoms with Crippen LogP contribution in [0, 0.1) is 5.92 Å². The van der Waals surface area contributed by atoms with E-state index in [1.807, 2.05) is 0 Å². The van der Waals surface area contributed by atoms with E-state index in [4.69, 9.17) is 5.73 Å². The zero-order valence-electron chi connectivity index (χ0n) is 8.42. The maximum absolute atomic E-state index is 6.05. The summed E-state index contributed by atoms with van der Waals surface area (Å²) in [6.07, 6.45) is 5.17. The van der Waals surface area contributed by atoms with Gasteiger partial charge in [-0.1, -0.05) is 13.3 Å². The smallest absolute Gasteiger partial charge is 0.00767 e. The van der Waals surface area contributed by atoms with Crippen LogP contribution in [-0.4, -0.2) is 31.1 Å². The molecule has 1 heterocycles. The van der Waals surface area contributed by atoms with Crippen molar-refractivity contribution in [3.63, 3.8) is 0 Å². The number of hydrogen-bond acceptors (Lipinski definition) is 2. The second kappa shape index (κ2) is 4.83. The van der Waals surface area contributed by atoms with Gasteiger partial charge in [0.25, 0.3) is 0 Å². The van der Waals surface area contributed by atoms with Crippen LogP contribution in [0.1, 0.15) is 32.6 Å². The van der Waals surface area contributed by atoms with E-state index in [0.29, 0.717) is 6.04 Å². The third kappa shape index (κ3) is 2.76. The Morgan fingerprint density at radius 1 is 1.50 bits per heavy atom. The van der Waals surface area contributed by atoms with Gasteiger partial charge in [-0.05, 0) is 38.8 Å². The van der Waals surface area contributed by atoms with Gasteiger partial charge in [0, 0.05) is 12.6 Å². The Kier molecular flexibility index (Phi) is 4.02. The number of nitrogens with two attached hydrogens (primary N) is 1. The zero-order chi connectivity index (χ0) is 8.97. The van der Waals surface area contributed by atoms with Crippen LogP contribution in [0.2, 0.25) is 0 Å². The van der Waals surface area contributed by atoms with E-state index in [0.717, 1.165) is 12.3 Å². The number of likely N-dealkylation sites (tertiary alicyclic amines) is 1. The molecule has 0 amide bonds. The molecule has 12 heavy (non-hydrogen) atoms. The predicted molar refractivity (Wildman–Crippen MR) is 53.1 cm³/mol. The molecule has 72 valence electrons. The van der Waals surface area contributed by atoms with Crippen LogP contribution >= 0.6 is 0 Å². The SMILES string of the molecule is CCC(N)C1CCCCN(C)C1. The lowest BCUT2D eigenvalue weighted by Gasteiger charge is -2.24. The van der Waals surface area contributed by atoms with Crippen molar-refractivity contribution in [1.82, 2.24) is 4.90 Å². The molecule has 0 aromatic carbocycles. The van der Waals surface area contributed by atoms with Gasteiger partial charge >= 0.3 is 0 Å². The van der Waals surface area contributed by atoms with Crippen LogP contribution < -0.4 is 5.73 Å². The molecule has 1 aliphatic heterocycles. The number of rotatable bonds is 2. The summed E-state index contributed by atoms with van der Waals surface area (Å²) in [6.45, 7) is 4.65. The van der Waals surface area contributed by atoms with Crippen LogP contribution in [0.4, 0.5) is 0 Å². The highest BCUT2D eigenvalue weighted by atomic mass is 15.1. The van der Waals surface area contributed by atoms with Crippen LogP contribution in [0.3, 0.4) is 0 Å².